The molecule has 0 amide bonds. The first kappa shape index (κ1) is 14.0. The smallest absolute Gasteiger partial charge is 0.335 e. The van der Waals surface area contributed by atoms with Crippen molar-refractivity contribution >= 4 is 16.0 Å². The number of piperazine rings is 1. The fourth-order valence-electron chi connectivity index (χ4n) is 2.15. The predicted octanol–water partition coefficient (Wildman–Crippen LogP) is 0.287. The number of carbonyl (C=O) groups is 1. The van der Waals surface area contributed by atoms with Crippen LogP contribution in [0.4, 0.5) is 0 Å². The second-order valence-electron chi connectivity index (χ2n) is 4.39. The topological polar surface area (TPSA) is 86.7 Å². The highest BCUT2D eigenvalue weighted by Crippen LogP contribution is 2.22. The molecule has 0 unspecified atom stereocenters. The minimum atomic E-state index is -3.62. The fraction of sp³-hybridized carbons (Fsp3) is 0.417. The number of carboxylic acids is 1. The van der Waals surface area contributed by atoms with Gasteiger partial charge >= 0.3 is 5.97 Å². The zero-order valence-corrected chi connectivity index (χ0v) is 11.4. The lowest BCUT2D eigenvalue weighted by atomic mass is 10.1. The van der Waals surface area contributed by atoms with Crippen LogP contribution in [0.1, 0.15) is 15.9 Å². The van der Waals surface area contributed by atoms with Crippen molar-refractivity contribution < 1.29 is 18.3 Å². The van der Waals surface area contributed by atoms with Gasteiger partial charge in [-0.2, -0.15) is 4.31 Å². The molecule has 0 spiro atoms. The van der Waals surface area contributed by atoms with Gasteiger partial charge in [0.25, 0.3) is 0 Å². The van der Waals surface area contributed by atoms with Gasteiger partial charge in [-0.1, -0.05) is 6.07 Å². The Morgan fingerprint density at radius 2 is 1.95 bits per heavy atom. The van der Waals surface area contributed by atoms with Crippen LogP contribution in [-0.2, 0) is 10.0 Å². The average molecular weight is 284 g/mol. The Bertz CT molecular complexity index is 592. The van der Waals surface area contributed by atoms with E-state index in [0.717, 1.165) is 0 Å². The Morgan fingerprint density at radius 3 is 2.53 bits per heavy atom. The lowest BCUT2D eigenvalue weighted by Gasteiger charge is -2.27. The number of benzene rings is 1. The number of carboxylic acid groups (broad SMARTS) is 1. The number of hydrogen-bond acceptors (Lipinski definition) is 4. The molecule has 0 bridgehead atoms. The van der Waals surface area contributed by atoms with Gasteiger partial charge in [-0.15, -0.1) is 0 Å². The van der Waals surface area contributed by atoms with Crippen LogP contribution in [0.15, 0.2) is 23.1 Å². The molecule has 1 aromatic carbocycles. The molecule has 1 aliphatic heterocycles. The zero-order valence-electron chi connectivity index (χ0n) is 10.6. The quantitative estimate of drug-likeness (QED) is 0.833. The van der Waals surface area contributed by atoms with E-state index in [1.807, 2.05) is 0 Å². The molecule has 0 aliphatic carbocycles. The summed E-state index contributed by atoms with van der Waals surface area (Å²) in [5.41, 5.74) is 0.310. The molecule has 2 N–H and O–H groups in total. The monoisotopic (exact) mass is 284 g/mol. The van der Waals surface area contributed by atoms with E-state index in [-0.39, 0.29) is 16.0 Å². The second kappa shape index (κ2) is 5.28. The van der Waals surface area contributed by atoms with Gasteiger partial charge in [0.1, 0.15) is 0 Å². The van der Waals surface area contributed by atoms with Crippen molar-refractivity contribution in [2.45, 2.75) is 11.8 Å². The third-order valence-corrected chi connectivity index (χ3v) is 5.25. The Hall–Kier alpha value is -1.44. The highest BCUT2D eigenvalue weighted by Gasteiger charge is 2.28. The summed E-state index contributed by atoms with van der Waals surface area (Å²) in [5, 5.41) is 12.1. The van der Waals surface area contributed by atoms with E-state index in [1.54, 1.807) is 0 Å². The third kappa shape index (κ3) is 2.63. The van der Waals surface area contributed by atoms with Crippen molar-refractivity contribution in [2.75, 3.05) is 26.2 Å². The molecular weight excluding hydrogens is 268 g/mol. The van der Waals surface area contributed by atoms with Gasteiger partial charge in [0.15, 0.2) is 0 Å². The van der Waals surface area contributed by atoms with Gasteiger partial charge < -0.3 is 10.4 Å². The Balaban J connectivity index is 2.46. The maximum absolute atomic E-state index is 12.5. The van der Waals surface area contributed by atoms with Crippen LogP contribution >= 0.6 is 0 Å². The maximum atomic E-state index is 12.5. The molecule has 1 fully saturated rings. The summed E-state index contributed by atoms with van der Waals surface area (Å²) in [6.07, 6.45) is 0. The molecule has 1 heterocycles. The highest BCUT2D eigenvalue weighted by molar-refractivity contribution is 7.89. The molecule has 104 valence electrons. The molecule has 0 atom stereocenters. The van der Waals surface area contributed by atoms with Crippen molar-refractivity contribution in [1.29, 1.82) is 0 Å². The molecular formula is C12H16N2O4S. The minimum Gasteiger partial charge on any atom is -0.478 e. The van der Waals surface area contributed by atoms with Gasteiger partial charge in [0.2, 0.25) is 10.0 Å². The molecule has 1 aromatic rings. The fourth-order valence-corrected chi connectivity index (χ4v) is 3.84. The molecule has 1 saturated heterocycles. The molecule has 7 heteroatoms. The van der Waals surface area contributed by atoms with Gasteiger partial charge in [0.05, 0.1) is 10.5 Å². The van der Waals surface area contributed by atoms with E-state index in [2.05, 4.69) is 5.32 Å². The van der Waals surface area contributed by atoms with E-state index in [0.29, 0.717) is 26.2 Å². The van der Waals surface area contributed by atoms with E-state index in [1.165, 1.54) is 29.4 Å². The lowest BCUT2D eigenvalue weighted by Crippen LogP contribution is -2.46. The number of nitrogens with one attached hydrogen (secondary N) is 1. The molecule has 1 aliphatic rings. The van der Waals surface area contributed by atoms with Crippen LogP contribution in [0.3, 0.4) is 0 Å². The Kier molecular flexibility index (Phi) is 3.88. The largest absolute Gasteiger partial charge is 0.478 e. The molecule has 0 radical (unpaired) electrons. The van der Waals surface area contributed by atoms with Gasteiger partial charge in [-0.05, 0) is 24.6 Å². The molecule has 6 nitrogen and oxygen atoms in total. The number of nitrogens with zero attached hydrogens (tertiary/aromatic N) is 1. The first-order valence-electron chi connectivity index (χ1n) is 5.98. The van der Waals surface area contributed by atoms with Crippen LogP contribution < -0.4 is 5.32 Å². The summed E-state index contributed by atoms with van der Waals surface area (Å²) in [4.78, 5) is 11.1. The van der Waals surface area contributed by atoms with Crippen LogP contribution in [0, 0.1) is 6.92 Å². The predicted molar refractivity (Wildman–Crippen MR) is 69.8 cm³/mol. The molecule has 0 saturated carbocycles. The van der Waals surface area contributed by atoms with Crippen molar-refractivity contribution in [3.8, 4) is 0 Å². The minimum absolute atomic E-state index is 0.0243. The summed E-state index contributed by atoms with van der Waals surface area (Å²) in [5.74, 6) is -1.12. The standard InChI is InChI=1S/C12H16N2O4S/c1-9-10(12(15)16)3-2-4-11(9)19(17,18)14-7-5-13-6-8-14/h2-4,13H,5-8H2,1H3,(H,15,16). The number of aromatic carboxylic acids is 1. The molecule has 0 aromatic heterocycles. The Labute approximate surface area is 112 Å². The second-order valence-corrected chi connectivity index (χ2v) is 6.29. The van der Waals surface area contributed by atoms with Crippen LogP contribution in [0.5, 0.6) is 0 Å². The summed E-state index contributed by atoms with van der Waals surface area (Å²) in [6, 6.07) is 4.33. The highest BCUT2D eigenvalue weighted by atomic mass is 32.2. The molecule has 2 rings (SSSR count). The van der Waals surface area contributed by atoms with Gasteiger partial charge in [-0.3, -0.25) is 0 Å². The number of rotatable bonds is 3. The summed E-state index contributed by atoms with van der Waals surface area (Å²) in [7, 11) is -3.62. The first-order chi connectivity index (χ1) is 8.94. The van der Waals surface area contributed by atoms with Crippen molar-refractivity contribution in [1.82, 2.24) is 9.62 Å². The van der Waals surface area contributed by atoms with Crippen molar-refractivity contribution in [3.05, 3.63) is 29.3 Å². The van der Waals surface area contributed by atoms with Crippen LogP contribution in [0.25, 0.3) is 0 Å². The normalized spacial score (nSPS) is 17.3. The first-order valence-corrected chi connectivity index (χ1v) is 7.42. The third-order valence-electron chi connectivity index (χ3n) is 3.21. The summed E-state index contributed by atoms with van der Waals surface area (Å²) < 4.78 is 26.4. The van der Waals surface area contributed by atoms with E-state index in [9.17, 15) is 13.2 Å². The van der Waals surface area contributed by atoms with Crippen molar-refractivity contribution in [3.63, 3.8) is 0 Å². The van der Waals surface area contributed by atoms with Crippen LogP contribution in [-0.4, -0.2) is 50.0 Å². The van der Waals surface area contributed by atoms with Gasteiger partial charge in [0, 0.05) is 26.2 Å². The van der Waals surface area contributed by atoms with Crippen LogP contribution in [0.2, 0.25) is 0 Å². The summed E-state index contributed by atoms with van der Waals surface area (Å²) >= 11 is 0. The molecule has 19 heavy (non-hydrogen) atoms. The number of sulfonamides is 1. The maximum Gasteiger partial charge on any atom is 0.335 e. The lowest BCUT2D eigenvalue weighted by molar-refractivity contribution is 0.0696. The van der Waals surface area contributed by atoms with E-state index in [4.69, 9.17) is 5.11 Å². The van der Waals surface area contributed by atoms with Crippen molar-refractivity contribution in [2.24, 2.45) is 0 Å². The van der Waals surface area contributed by atoms with Gasteiger partial charge in [-0.25, -0.2) is 13.2 Å². The Morgan fingerprint density at radius 1 is 1.32 bits per heavy atom. The zero-order chi connectivity index (χ0) is 14.0. The van der Waals surface area contributed by atoms with E-state index >= 15 is 0 Å². The van der Waals surface area contributed by atoms with E-state index < -0.39 is 16.0 Å². The summed E-state index contributed by atoms with van der Waals surface area (Å²) in [6.45, 7) is 3.55. The SMILES string of the molecule is Cc1c(C(=O)O)cccc1S(=O)(=O)N1CCNCC1. The average Bonchev–Trinajstić information content (AvgIpc) is 2.39. The number of hydrogen-bond donors (Lipinski definition) is 2.